The van der Waals surface area contributed by atoms with E-state index in [-0.39, 0.29) is 20.4 Å². The first-order valence-corrected chi connectivity index (χ1v) is 1.34. The molecule has 0 amide bonds. The quantitative estimate of drug-likeness (QED) is 0.618. The van der Waals surface area contributed by atoms with Gasteiger partial charge in [0.2, 0.25) is 0 Å². The fourth-order valence-corrected chi connectivity index (χ4v) is 0. The molecule has 0 aliphatic rings. The van der Waals surface area contributed by atoms with Crippen molar-refractivity contribution in [3.8, 4) is 0 Å². The monoisotopic (exact) mass is 285 g/mol. The van der Waals surface area contributed by atoms with Gasteiger partial charge in [-0.3, -0.25) is 4.79 Å². The fourth-order valence-electron chi connectivity index (χ4n) is 0. The second-order valence-electron chi connectivity index (χ2n) is 0.226. The summed E-state index contributed by atoms with van der Waals surface area (Å²) in [6, 6.07) is 0. The molecule has 1 radical (unpaired) electrons. The summed E-state index contributed by atoms with van der Waals surface area (Å²) in [6.45, 7) is 0. The van der Waals surface area contributed by atoms with Crippen LogP contribution in [0, 0.1) is 0 Å². The van der Waals surface area contributed by atoms with E-state index < -0.39 is 4.70 Å². The summed E-state index contributed by atoms with van der Waals surface area (Å²) >= 11 is 8.80. The van der Waals surface area contributed by atoms with Gasteiger partial charge in [0.1, 0.15) is 0 Å². The molecule has 4 heteroatoms. The Labute approximate surface area is 53.3 Å². The van der Waals surface area contributed by atoms with E-state index in [1.165, 1.54) is 0 Å². The summed E-state index contributed by atoms with van der Waals surface area (Å²) < 4.78 is -0.889. The standard InChI is InChI=1S/CCl2O.Re/c2-1(3)4;. The van der Waals surface area contributed by atoms with E-state index in [0.717, 1.165) is 0 Å². The molecule has 31 valence electrons. The van der Waals surface area contributed by atoms with Crippen LogP contribution in [-0.4, -0.2) is 4.70 Å². The topological polar surface area (TPSA) is 17.1 Å². The third kappa shape index (κ3) is 50.1. The Bertz CT molecular complexity index is 32.6. The van der Waals surface area contributed by atoms with Crippen molar-refractivity contribution in [1.82, 2.24) is 0 Å². The Morgan fingerprint density at radius 1 is 1.40 bits per heavy atom. The predicted octanol–water partition coefficient (Wildman–Crippen LogP) is 1.58. The van der Waals surface area contributed by atoms with Crippen LogP contribution in [0.2, 0.25) is 0 Å². The van der Waals surface area contributed by atoms with E-state index >= 15 is 0 Å². The van der Waals surface area contributed by atoms with Crippen molar-refractivity contribution in [1.29, 1.82) is 0 Å². The van der Waals surface area contributed by atoms with Crippen molar-refractivity contribution in [2.75, 3.05) is 0 Å². The van der Waals surface area contributed by atoms with Crippen molar-refractivity contribution in [2.24, 2.45) is 0 Å². The molecular weight excluding hydrogens is 285 g/mol. The van der Waals surface area contributed by atoms with Crippen LogP contribution in [-0.2, 0) is 20.4 Å². The van der Waals surface area contributed by atoms with Gasteiger partial charge in [0.15, 0.2) is 0 Å². The van der Waals surface area contributed by atoms with E-state index in [0.29, 0.717) is 0 Å². The molecular formula is CCl2ORe. The van der Waals surface area contributed by atoms with E-state index in [1.807, 2.05) is 0 Å². The molecule has 0 unspecified atom stereocenters. The molecule has 0 bridgehead atoms. The van der Waals surface area contributed by atoms with E-state index in [9.17, 15) is 0 Å². The van der Waals surface area contributed by atoms with Gasteiger partial charge in [-0.1, -0.05) is 0 Å². The zero-order valence-electron chi connectivity index (χ0n) is 2.04. The molecule has 0 atom stereocenters. The molecule has 1 nitrogen and oxygen atoms in total. The number of carbonyl (C=O) groups excluding carboxylic acids is 1. The molecule has 0 saturated heterocycles. The Morgan fingerprint density at radius 2 is 1.40 bits per heavy atom. The molecule has 0 aliphatic heterocycles. The SMILES string of the molecule is O=C(Cl)Cl.[Re]. The third-order valence-electron chi connectivity index (χ3n) is 0. The first-order valence-electron chi connectivity index (χ1n) is 0.582. The zero-order valence-corrected chi connectivity index (χ0v) is 6.27. The summed E-state index contributed by atoms with van der Waals surface area (Å²) in [6.07, 6.45) is 0. The summed E-state index contributed by atoms with van der Waals surface area (Å²) in [5.74, 6) is 0. The Morgan fingerprint density at radius 3 is 1.40 bits per heavy atom. The summed E-state index contributed by atoms with van der Waals surface area (Å²) in [5.41, 5.74) is 0. The van der Waals surface area contributed by atoms with Crippen molar-refractivity contribution >= 4 is 27.9 Å². The maximum atomic E-state index is 8.98. The average molecular weight is 285 g/mol. The van der Waals surface area contributed by atoms with Gasteiger partial charge in [-0.25, -0.2) is 0 Å². The molecule has 0 aliphatic carbocycles. The maximum absolute atomic E-state index is 8.98. The number of hydrogen-bond acceptors (Lipinski definition) is 1. The third-order valence-corrected chi connectivity index (χ3v) is 0. The van der Waals surface area contributed by atoms with E-state index in [1.54, 1.807) is 0 Å². The van der Waals surface area contributed by atoms with Gasteiger partial charge in [-0.05, 0) is 23.2 Å². The minimum absolute atomic E-state index is 0. The smallest absolute Gasteiger partial charge is 0.262 e. The molecule has 5 heavy (non-hydrogen) atoms. The molecule has 0 spiro atoms. The van der Waals surface area contributed by atoms with Crippen LogP contribution in [0.15, 0.2) is 0 Å². The van der Waals surface area contributed by atoms with Crippen molar-refractivity contribution in [3.63, 3.8) is 0 Å². The van der Waals surface area contributed by atoms with Gasteiger partial charge in [-0.2, -0.15) is 0 Å². The molecule has 0 aromatic rings. The average Bonchev–Trinajstić information content (AvgIpc) is 0.811. The first kappa shape index (κ1) is 9.32. The molecule has 0 heterocycles. The molecule has 0 aromatic heterocycles. The van der Waals surface area contributed by atoms with Gasteiger partial charge < -0.3 is 0 Å². The molecule has 0 aromatic carbocycles. The second-order valence-corrected chi connectivity index (χ2v) is 1.11. The minimum atomic E-state index is -0.889. The number of hydrogen-bond donors (Lipinski definition) is 0. The first-order chi connectivity index (χ1) is 1.73. The van der Waals surface area contributed by atoms with Crippen molar-refractivity contribution in [3.05, 3.63) is 0 Å². The van der Waals surface area contributed by atoms with Crippen LogP contribution < -0.4 is 0 Å². The number of carbonyl (C=O) groups is 1. The van der Waals surface area contributed by atoms with Crippen LogP contribution in [0.3, 0.4) is 0 Å². The van der Waals surface area contributed by atoms with Gasteiger partial charge >= 0.3 is 4.70 Å². The van der Waals surface area contributed by atoms with Gasteiger partial charge in [0.05, 0.1) is 0 Å². The van der Waals surface area contributed by atoms with Crippen LogP contribution in [0.5, 0.6) is 0 Å². The van der Waals surface area contributed by atoms with Crippen molar-refractivity contribution < 1.29 is 25.2 Å². The van der Waals surface area contributed by atoms with Gasteiger partial charge in [0.25, 0.3) is 0 Å². The van der Waals surface area contributed by atoms with Crippen LogP contribution >= 0.6 is 23.2 Å². The van der Waals surface area contributed by atoms with E-state index in [4.69, 9.17) is 4.79 Å². The summed E-state index contributed by atoms with van der Waals surface area (Å²) in [4.78, 5) is 8.98. The van der Waals surface area contributed by atoms with Crippen LogP contribution in [0.25, 0.3) is 0 Å². The second kappa shape index (κ2) is 4.91. The summed E-state index contributed by atoms with van der Waals surface area (Å²) in [5, 5.41) is 0. The van der Waals surface area contributed by atoms with Gasteiger partial charge in [-0.15, -0.1) is 0 Å². The summed E-state index contributed by atoms with van der Waals surface area (Å²) in [7, 11) is 0. The predicted molar refractivity (Wildman–Crippen MR) is 17.1 cm³/mol. The van der Waals surface area contributed by atoms with Crippen molar-refractivity contribution in [2.45, 2.75) is 0 Å². The Kier molecular flexibility index (Phi) is 9.16. The Hall–Kier alpha value is 0.912. The minimum Gasteiger partial charge on any atom is -0.262 e. The maximum Gasteiger partial charge on any atom is 0.313 e. The molecule has 0 saturated carbocycles. The van der Waals surface area contributed by atoms with Gasteiger partial charge in [0, 0.05) is 20.4 Å². The van der Waals surface area contributed by atoms with E-state index in [2.05, 4.69) is 23.2 Å². The number of halogens is 2. The fraction of sp³-hybridized carbons (Fsp3) is 0. The largest absolute Gasteiger partial charge is 0.313 e. The zero-order chi connectivity index (χ0) is 3.58. The molecule has 0 N–H and O–H groups in total. The Balaban J connectivity index is 0. The van der Waals surface area contributed by atoms with Crippen LogP contribution in [0.1, 0.15) is 0 Å². The number of rotatable bonds is 0. The normalized spacial score (nSPS) is 5.20. The molecule has 0 rings (SSSR count). The molecule has 0 fully saturated rings. The van der Waals surface area contributed by atoms with Crippen LogP contribution in [0.4, 0.5) is 4.79 Å².